The van der Waals surface area contributed by atoms with Gasteiger partial charge in [-0.1, -0.05) is 0 Å². The van der Waals surface area contributed by atoms with Crippen molar-refractivity contribution in [2.45, 2.75) is 6.18 Å². The second-order valence-corrected chi connectivity index (χ2v) is 3.89. The molecule has 9 heteroatoms. The fourth-order valence-electron chi connectivity index (χ4n) is 1.51. The first-order valence-corrected chi connectivity index (χ1v) is 5.91. The number of nitrogens with one attached hydrogen (secondary N) is 1. The highest BCUT2D eigenvalue weighted by atomic mass is 19.4. The van der Waals surface area contributed by atoms with Gasteiger partial charge < -0.3 is 20.1 Å². The van der Waals surface area contributed by atoms with Crippen molar-refractivity contribution in [3.8, 4) is 0 Å². The third-order valence-electron chi connectivity index (χ3n) is 2.48. The van der Waals surface area contributed by atoms with Crippen LogP contribution in [0.15, 0.2) is 6.07 Å². The maximum absolute atomic E-state index is 12.7. The van der Waals surface area contributed by atoms with Gasteiger partial charge in [0.1, 0.15) is 11.6 Å². The van der Waals surface area contributed by atoms with E-state index in [4.69, 9.17) is 9.84 Å². The molecule has 1 heterocycles. The van der Waals surface area contributed by atoms with Gasteiger partial charge in [0.15, 0.2) is 0 Å². The van der Waals surface area contributed by atoms with E-state index < -0.39 is 12.0 Å². The number of rotatable bonds is 7. The second-order valence-electron chi connectivity index (χ2n) is 3.89. The van der Waals surface area contributed by atoms with Gasteiger partial charge in [-0.3, -0.25) is 0 Å². The molecular weight excluding hydrogens is 277 g/mol. The monoisotopic (exact) mass is 294 g/mol. The highest BCUT2D eigenvalue weighted by Gasteiger charge is 2.35. The Balaban J connectivity index is 3.12. The Morgan fingerprint density at radius 1 is 1.35 bits per heavy atom. The number of anilines is 2. The molecule has 0 amide bonds. The number of nitrogens with zero attached hydrogens (tertiary/aromatic N) is 3. The van der Waals surface area contributed by atoms with Gasteiger partial charge in [0, 0.05) is 33.3 Å². The Labute approximate surface area is 114 Å². The van der Waals surface area contributed by atoms with Crippen LogP contribution in [0.1, 0.15) is 5.82 Å². The summed E-state index contributed by atoms with van der Waals surface area (Å²) in [4.78, 5) is 8.39. The molecule has 0 unspecified atom stereocenters. The molecule has 0 saturated heterocycles. The Hall–Kier alpha value is -1.61. The van der Waals surface area contributed by atoms with Crippen LogP contribution in [0, 0.1) is 0 Å². The smallest absolute Gasteiger partial charge is 0.395 e. The molecule has 0 atom stereocenters. The van der Waals surface area contributed by atoms with Crippen LogP contribution in [0.25, 0.3) is 0 Å². The highest BCUT2D eigenvalue weighted by Crippen LogP contribution is 2.29. The summed E-state index contributed by atoms with van der Waals surface area (Å²) < 4.78 is 43.1. The first kappa shape index (κ1) is 16.4. The molecule has 1 rings (SSSR count). The molecule has 0 aliphatic rings. The Kier molecular flexibility index (Phi) is 5.96. The molecule has 0 aliphatic carbocycles. The summed E-state index contributed by atoms with van der Waals surface area (Å²) in [7, 11) is 2.95. The van der Waals surface area contributed by atoms with Crippen molar-refractivity contribution in [1.29, 1.82) is 0 Å². The molecule has 0 spiro atoms. The molecule has 6 nitrogen and oxygen atoms in total. The van der Waals surface area contributed by atoms with E-state index in [0.717, 1.165) is 0 Å². The summed E-state index contributed by atoms with van der Waals surface area (Å²) >= 11 is 0. The van der Waals surface area contributed by atoms with Gasteiger partial charge in [-0.25, -0.2) is 9.97 Å². The average Bonchev–Trinajstić information content (AvgIpc) is 2.42. The third kappa shape index (κ3) is 4.49. The average molecular weight is 294 g/mol. The maximum Gasteiger partial charge on any atom is 0.451 e. The Morgan fingerprint density at radius 2 is 2.05 bits per heavy atom. The van der Waals surface area contributed by atoms with E-state index in [-0.39, 0.29) is 24.8 Å². The molecule has 0 saturated carbocycles. The van der Waals surface area contributed by atoms with Gasteiger partial charge in [-0.2, -0.15) is 13.2 Å². The predicted octanol–water partition coefficient (Wildman–Crippen LogP) is 0.982. The van der Waals surface area contributed by atoms with Crippen LogP contribution < -0.4 is 10.2 Å². The minimum absolute atomic E-state index is 0.0580. The fourth-order valence-corrected chi connectivity index (χ4v) is 1.51. The summed E-state index contributed by atoms with van der Waals surface area (Å²) in [5, 5.41) is 11.6. The Morgan fingerprint density at radius 3 is 2.55 bits per heavy atom. The number of methoxy groups -OCH3 is 1. The number of hydrogen-bond acceptors (Lipinski definition) is 6. The largest absolute Gasteiger partial charge is 0.451 e. The quantitative estimate of drug-likeness (QED) is 0.781. The van der Waals surface area contributed by atoms with Crippen LogP contribution in [0.3, 0.4) is 0 Å². The number of aromatic nitrogens is 2. The lowest BCUT2D eigenvalue weighted by Crippen LogP contribution is -2.31. The normalized spacial score (nSPS) is 11.5. The lowest BCUT2D eigenvalue weighted by atomic mass is 10.4. The topological polar surface area (TPSA) is 70.5 Å². The molecular formula is C11H17F3N4O2. The van der Waals surface area contributed by atoms with E-state index in [9.17, 15) is 13.2 Å². The number of hydrogen-bond donors (Lipinski definition) is 2. The van der Waals surface area contributed by atoms with E-state index >= 15 is 0 Å². The maximum atomic E-state index is 12.7. The number of alkyl halides is 3. The zero-order chi connectivity index (χ0) is 15.2. The van der Waals surface area contributed by atoms with Gasteiger partial charge >= 0.3 is 6.18 Å². The van der Waals surface area contributed by atoms with Crippen molar-refractivity contribution in [3.05, 3.63) is 11.9 Å². The molecule has 0 radical (unpaired) electrons. The summed E-state index contributed by atoms with van der Waals surface area (Å²) in [5.74, 6) is -1.08. The second kappa shape index (κ2) is 7.25. The van der Waals surface area contributed by atoms with Crippen molar-refractivity contribution in [2.75, 3.05) is 50.7 Å². The molecule has 0 bridgehead atoms. The minimum Gasteiger partial charge on any atom is -0.395 e. The first-order valence-electron chi connectivity index (χ1n) is 5.91. The summed E-state index contributed by atoms with van der Waals surface area (Å²) in [6, 6.07) is 1.39. The van der Waals surface area contributed by atoms with E-state index in [1.54, 1.807) is 0 Å². The molecule has 0 aromatic carbocycles. The highest BCUT2D eigenvalue weighted by molar-refractivity contribution is 5.49. The molecule has 0 fully saturated rings. The van der Waals surface area contributed by atoms with Crippen LogP contribution in [-0.4, -0.2) is 55.5 Å². The molecule has 2 N–H and O–H groups in total. The standard InChI is InChI=1S/C11H17F3N4O2/c1-15-8-7-9(17-10(16-8)11(12,13)14)18(3-5-19)4-6-20-2/h7,19H,3-6H2,1-2H3,(H,15,16,17). The SMILES string of the molecule is CNc1cc(N(CCO)CCOC)nc(C(F)(F)F)n1. The van der Waals surface area contributed by atoms with Gasteiger partial charge in [-0.15, -0.1) is 0 Å². The number of aliphatic hydroxyl groups is 1. The van der Waals surface area contributed by atoms with Crippen LogP contribution in [0.2, 0.25) is 0 Å². The van der Waals surface area contributed by atoms with Gasteiger partial charge in [0.05, 0.1) is 13.2 Å². The molecule has 20 heavy (non-hydrogen) atoms. The van der Waals surface area contributed by atoms with Crippen LogP contribution in [0.4, 0.5) is 24.8 Å². The Bertz CT molecular complexity index is 429. The van der Waals surface area contributed by atoms with E-state index in [0.29, 0.717) is 13.2 Å². The lowest BCUT2D eigenvalue weighted by molar-refractivity contribution is -0.144. The lowest BCUT2D eigenvalue weighted by Gasteiger charge is -2.23. The fraction of sp³-hybridized carbons (Fsp3) is 0.636. The van der Waals surface area contributed by atoms with Gasteiger partial charge in [-0.05, 0) is 0 Å². The third-order valence-corrected chi connectivity index (χ3v) is 2.48. The molecule has 0 aliphatic heterocycles. The van der Waals surface area contributed by atoms with Crippen LogP contribution in [-0.2, 0) is 10.9 Å². The molecule has 114 valence electrons. The molecule has 1 aromatic rings. The van der Waals surface area contributed by atoms with Crippen molar-refractivity contribution in [3.63, 3.8) is 0 Å². The summed E-state index contributed by atoms with van der Waals surface area (Å²) in [6.07, 6.45) is -4.63. The number of ether oxygens (including phenoxy) is 1. The zero-order valence-corrected chi connectivity index (χ0v) is 11.2. The summed E-state index contributed by atoms with van der Waals surface area (Å²) in [6.45, 7) is 0.569. The van der Waals surface area contributed by atoms with Crippen molar-refractivity contribution < 1.29 is 23.0 Å². The summed E-state index contributed by atoms with van der Waals surface area (Å²) in [5.41, 5.74) is 0. The van der Waals surface area contributed by atoms with Crippen molar-refractivity contribution in [2.24, 2.45) is 0 Å². The van der Waals surface area contributed by atoms with Crippen molar-refractivity contribution in [1.82, 2.24) is 9.97 Å². The number of aliphatic hydroxyl groups excluding tert-OH is 1. The minimum atomic E-state index is -4.63. The zero-order valence-electron chi connectivity index (χ0n) is 11.2. The van der Waals surface area contributed by atoms with Gasteiger partial charge in [0.25, 0.3) is 0 Å². The van der Waals surface area contributed by atoms with Gasteiger partial charge in [0.2, 0.25) is 5.82 Å². The van der Waals surface area contributed by atoms with Crippen molar-refractivity contribution >= 4 is 11.6 Å². The van der Waals surface area contributed by atoms with Crippen LogP contribution >= 0.6 is 0 Å². The van der Waals surface area contributed by atoms with E-state index in [1.807, 2.05) is 0 Å². The number of halogens is 3. The van der Waals surface area contributed by atoms with E-state index in [1.165, 1.54) is 25.1 Å². The van der Waals surface area contributed by atoms with E-state index in [2.05, 4.69) is 15.3 Å². The van der Waals surface area contributed by atoms with Crippen LogP contribution in [0.5, 0.6) is 0 Å². The molecule has 1 aromatic heterocycles. The first-order chi connectivity index (χ1) is 9.42. The predicted molar refractivity (Wildman–Crippen MR) is 67.8 cm³/mol.